The van der Waals surface area contributed by atoms with Crippen molar-refractivity contribution in [2.75, 3.05) is 18.6 Å². The van der Waals surface area contributed by atoms with Crippen LogP contribution in [0.4, 0.5) is 0 Å². The van der Waals surface area contributed by atoms with Gasteiger partial charge in [-0.1, -0.05) is 0 Å². The lowest BCUT2D eigenvalue weighted by atomic mass is 10.3. The number of carbonyl (C=O) groups is 1. The van der Waals surface area contributed by atoms with Gasteiger partial charge in [0.1, 0.15) is 11.4 Å². The second-order valence-electron chi connectivity index (χ2n) is 4.85. The van der Waals surface area contributed by atoms with Crippen molar-refractivity contribution in [2.24, 2.45) is 0 Å². The molecule has 118 valence electrons. The molecule has 0 bridgehead atoms. The molecule has 1 saturated heterocycles. The highest BCUT2D eigenvalue weighted by Crippen LogP contribution is 2.23. The van der Waals surface area contributed by atoms with Gasteiger partial charge < -0.3 is 5.11 Å². The summed E-state index contributed by atoms with van der Waals surface area (Å²) in [5, 5.41) is 12.3. The second-order valence-corrected chi connectivity index (χ2v) is 9.07. The molecule has 1 aliphatic heterocycles. The highest BCUT2D eigenvalue weighted by Gasteiger charge is 2.36. The third kappa shape index (κ3) is 3.41. The Morgan fingerprint density at radius 1 is 1.57 bits per heavy atom. The summed E-state index contributed by atoms with van der Waals surface area (Å²) >= 11 is 0. The van der Waals surface area contributed by atoms with Gasteiger partial charge in [-0.2, -0.15) is 9.40 Å². The lowest BCUT2D eigenvalue weighted by molar-refractivity contribution is -0.137. The largest absolute Gasteiger partial charge is 0.480 e. The molecule has 2 rings (SSSR count). The predicted octanol–water partition coefficient (Wildman–Crippen LogP) is -1.22. The van der Waals surface area contributed by atoms with Crippen molar-refractivity contribution in [3.63, 3.8) is 0 Å². The number of sulfone groups is 1. The van der Waals surface area contributed by atoms with Crippen molar-refractivity contribution in [2.45, 2.75) is 23.9 Å². The Hall–Kier alpha value is -1.46. The zero-order valence-corrected chi connectivity index (χ0v) is 12.8. The molecule has 0 aliphatic carbocycles. The number of hydrogen-bond acceptors (Lipinski definition) is 6. The Kier molecular flexibility index (Phi) is 4.08. The molecular formula is C10H15N3O6S2. The van der Waals surface area contributed by atoms with E-state index in [4.69, 9.17) is 5.11 Å². The van der Waals surface area contributed by atoms with E-state index in [1.54, 1.807) is 0 Å². The number of aliphatic carboxylic acids is 1. The minimum atomic E-state index is -3.89. The summed E-state index contributed by atoms with van der Waals surface area (Å²) in [6.07, 6.45) is 2.42. The van der Waals surface area contributed by atoms with Gasteiger partial charge in [0.15, 0.2) is 9.84 Å². The van der Waals surface area contributed by atoms with Gasteiger partial charge in [-0.05, 0) is 6.42 Å². The Bertz CT molecular complexity index is 752. The summed E-state index contributed by atoms with van der Waals surface area (Å²) in [6, 6.07) is -0.608. The first-order valence-corrected chi connectivity index (χ1v) is 9.31. The topological polar surface area (TPSA) is 127 Å². The molecule has 0 aromatic carbocycles. The average Bonchev–Trinajstić information content (AvgIpc) is 2.94. The Labute approximate surface area is 122 Å². The smallest absolute Gasteiger partial charge is 0.325 e. The van der Waals surface area contributed by atoms with Crippen molar-refractivity contribution >= 4 is 25.8 Å². The number of sulfonamides is 1. The second kappa shape index (κ2) is 5.39. The van der Waals surface area contributed by atoms with Crippen molar-refractivity contribution in [3.05, 3.63) is 12.4 Å². The van der Waals surface area contributed by atoms with E-state index in [9.17, 15) is 21.6 Å². The number of aromatic nitrogens is 2. The molecule has 1 aliphatic rings. The third-order valence-corrected chi connectivity index (χ3v) is 6.92. The Morgan fingerprint density at radius 3 is 2.76 bits per heavy atom. The summed E-state index contributed by atoms with van der Waals surface area (Å²) in [7, 11) is -5.78. The van der Waals surface area contributed by atoms with Crippen molar-refractivity contribution < 1.29 is 26.7 Å². The number of carboxylic acid groups (broad SMARTS) is 1. The molecule has 1 N–H and O–H groups in total. The first kappa shape index (κ1) is 15.9. The Balaban J connectivity index is 2.21. The van der Waals surface area contributed by atoms with Gasteiger partial charge in [0, 0.05) is 19.3 Å². The van der Waals surface area contributed by atoms with Gasteiger partial charge in [-0.3, -0.25) is 9.48 Å². The van der Waals surface area contributed by atoms with Gasteiger partial charge in [-0.15, -0.1) is 0 Å². The van der Waals surface area contributed by atoms with Gasteiger partial charge in [-0.25, -0.2) is 16.8 Å². The van der Waals surface area contributed by atoms with Crippen LogP contribution in [-0.2, 0) is 31.2 Å². The van der Waals surface area contributed by atoms with Gasteiger partial charge in [0.25, 0.3) is 0 Å². The van der Waals surface area contributed by atoms with E-state index in [0.29, 0.717) is 0 Å². The fourth-order valence-corrected chi connectivity index (χ4v) is 5.34. The van der Waals surface area contributed by atoms with E-state index in [2.05, 4.69) is 5.10 Å². The van der Waals surface area contributed by atoms with E-state index in [1.165, 1.54) is 7.05 Å². The van der Waals surface area contributed by atoms with Crippen LogP contribution in [0, 0.1) is 0 Å². The van der Waals surface area contributed by atoms with Gasteiger partial charge in [0.2, 0.25) is 10.0 Å². The maximum absolute atomic E-state index is 12.4. The van der Waals surface area contributed by atoms with Crippen molar-refractivity contribution in [1.82, 2.24) is 14.1 Å². The van der Waals surface area contributed by atoms with Gasteiger partial charge >= 0.3 is 5.97 Å². The minimum absolute atomic E-state index is 0.0319. The lowest BCUT2D eigenvalue weighted by Crippen LogP contribution is -2.37. The molecule has 0 spiro atoms. The van der Waals surface area contributed by atoms with E-state index < -0.39 is 38.4 Å². The molecule has 0 radical (unpaired) electrons. The standard InChI is InChI=1S/C10H15N3O6S2/c1-12(8-2-3-20(16,17)7-8)21(18,19)9-4-11-13(5-9)6-10(14)15/h4-5,8H,2-3,6-7H2,1H3,(H,14,15). The molecule has 1 aromatic rings. The normalized spacial score (nSPS) is 21.7. The van der Waals surface area contributed by atoms with E-state index >= 15 is 0 Å². The monoisotopic (exact) mass is 337 g/mol. The van der Waals surface area contributed by atoms with Crippen LogP contribution >= 0.6 is 0 Å². The molecule has 11 heteroatoms. The number of carboxylic acids is 1. The fraction of sp³-hybridized carbons (Fsp3) is 0.600. The first-order chi connectivity index (χ1) is 9.62. The maximum atomic E-state index is 12.4. The molecule has 0 saturated carbocycles. The third-order valence-electron chi connectivity index (χ3n) is 3.31. The molecule has 21 heavy (non-hydrogen) atoms. The number of nitrogens with zero attached hydrogens (tertiary/aromatic N) is 3. The molecule has 1 fully saturated rings. The fourth-order valence-electron chi connectivity index (χ4n) is 2.13. The zero-order valence-electron chi connectivity index (χ0n) is 11.2. The summed E-state index contributed by atoms with van der Waals surface area (Å²) in [5.74, 6) is -1.38. The van der Waals surface area contributed by atoms with E-state index in [1.807, 2.05) is 0 Å². The molecule has 0 amide bonds. The average molecular weight is 337 g/mol. The number of hydrogen-bond donors (Lipinski definition) is 1. The molecule has 9 nitrogen and oxygen atoms in total. The van der Waals surface area contributed by atoms with Crippen LogP contribution in [0.2, 0.25) is 0 Å². The Morgan fingerprint density at radius 2 is 2.24 bits per heavy atom. The maximum Gasteiger partial charge on any atom is 0.325 e. The van der Waals surface area contributed by atoms with Crippen LogP contribution < -0.4 is 0 Å². The molecule has 1 unspecified atom stereocenters. The van der Waals surface area contributed by atoms with Crippen LogP contribution in [0.1, 0.15) is 6.42 Å². The molecule has 1 aromatic heterocycles. The van der Waals surface area contributed by atoms with Gasteiger partial charge in [0.05, 0.1) is 17.7 Å². The minimum Gasteiger partial charge on any atom is -0.480 e. The van der Waals surface area contributed by atoms with Crippen LogP contribution in [0.5, 0.6) is 0 Å². The highest BCUT2D eigenvalue weighted by molar-refractivity contribution is 7.92. The first-order valence-electron chi connectivity index (χ1n) is 6.04. The summed E-state index contributed by atoms with van der Waals surface area (Å²) < 4.78 is 49.6. The quantitative estimate of drug-likeness (QED) is 0.713. The van der Waals surface area contributed by atoms with E-state index in [0.717, 1.165) is 21.4 Å². The summed E-state index contributed by atoms with van der Waals surface area (Å²) in [6.45, 7) is -0.447. The number of rotatable bonds is 5. The lowest BCUT2D eigenvalue weighted by Gasteiger charge is -2.21. The van der Waals surface area contributed by atoms with Crippen LogP contribution in [0.25, 0.3) is 0 Å². The van der Waals surface area contributed by atoms with Crippen molar-refractivity contribution in [3.8, 4) is 0 Å². The predicted molar refractivity (Wildman–Crippen MR) is 71.9 cm³/mol. The summed E-state index contributed by atoms with van der Waals surface area (Å²) in [4.78, 5) is 10.4. The molecular weight excluding hydrogens is 322 g/mol. The zero-order chi connectivity index (χ0) is 15.8. The molecule has 1 atom stereocenters. The summed E-state index contributed by atoms with van der Waals surface area (Å²) in [5.41, 5.74) is 0. The van der Waals surface area contributed by atoms with Crippen LogP contribution in [0.3, 0.4) is 0 Å². The molecule has 2 heterocycles. The van der Waals surface area contributed by atoms with Crippen LogP contribution in [0.15, 0.2) is 17.3 Å². The SMILES string of the molecule is CN(C1CCS(=O)(=O)C1)S(=O)(=O)c1cnn(CC(=O)O)c1. The van der Waals surface area contributed by atoms with Crippen LogP contribution in [-0.4, -0.2) is 66.6 Å². The van der Waals surface area contributed by atoms with E-state index in [-0.39, 0.29) is 22.8 Å². The van der Waals surface area contributed by atoms with Crippen molar-refractivity contribution in [1.29, 1.82) is 0 Å². The highest BCUT2D eigenvalue weighted by atomic mass is 32.2.